The number of hydrogen-bond donors (Lipinski definition) is 2. The van der Waals surface area contributed by atoms with Gasteiger partial charge in [-0.25, -0.2) is 9.97 Å². The van der Waals surface area contributed by atoms with E-state index in [0.29, 0.717) is 0 Å². The van der Waals surface area contributed by atoms with Gasteiger partial charge in [-0.1, -0.05) is 18.2 Å². The fourth-order valence-corrected chi connectivity index (χ4v) is 3.03. The van der Waals surface area contributed by atoms with Gasteiger partial charge in [-0.2, -0.15) is 0 Å². The van der Waals surface area contributed by atoms with Gasteiger partial charge in [0.15, 0.2) is 0 Å². The van der Waals surface area contributed by atoms with Gasteiger partial charge in [0, 0.05) is 37.9 Å². The molecule has 2 N–H and O–H groups in total. The van der Waals surface area contributed by atoms with Gasteiger partial charge in [-0.15, -0.1) is 0 Å². The van der Waals surface area contributed by atoms with Crippen LogP contribution in [0, 0.1) is 20.8 Å². The zero-order valence-electron chi connectivity index (χ0n) is 15.3. The summed E-state index contributed by atoms with van der Waals surface area (Å²) in [6.45, 7) is 11.6. The summed E-state index contributed by atoms with van der Waals surface area (Å²) in [5, 5.41) is 6.86. The quantitative estimate of drug-likeness (QED) is 0.842. The summed E-state index contributed by atoms with van der Waals surface area (Å²) >= 11 is 0. The van der Waals surface area contributed by atoms with E-state index in [0.717, 1.165) is 62.5 Å². The molecular formula is C19H27N5O. The molecule has 25 heavy (non-hydrogen) atoms. The molecule has 1 aliphatic rings. The van der Waals surface area contributed by atoms with Crippen LogP contribution in [0.25, 0.3) is 0 Å². The van der Waals surface area contributed by atoms with E-state index in [1.165, 1.54) is 11.1 Å². The first-order valence-corrected chi connectivity index (χ1v) is 8.85. The molecule has 2 heterocycles. The van der Waals surface area contributed by atoms with Gasteiger partial charge < -0.3 is 15.4 Å². The van der Waals surface area contributed by atoms with Gasteiger partial charge in [0.25, 0.3) is 0 Å². The van der Waals surface area contributed by atoms with Crippen LogP contribution < -0.4 is 10.6 Å². The van der Waals surface area contributed by atoms with Crippen molar-refractivity contribution in [1.29, 1.82) is 0 Å². The summed E-state index contributed by atoms with van der Waals surface area (Å²) in [4.78, 5) is 11.4. The molecule has 134 valence electrons. The van der Waals surface area contributed by atoms with Gasteiger partial charge in [0.05, 0.1) is 13.2 Å². The minimum Gasteiger partial charge on any atom is -0.379 e. The van der Waals surface area contributed by atoms with Crippen molar-refractivity contribution in [1.82, 2.24) is 14.9 Å². The van der Waals surface area contributed by atoms with Crippen molar-refractivity contribution < 1.29 is 4.74 Å². The number of ether oxygens (including phenoxy) is 1. The van der Waals surface area contributed by atoms with E-state index in [2.05, 4.69) is 57.5 Å². The first-order valence-electron chi connectivity index (χ1n) is 8.85. The van der Waals surface area contributed by atoms with Crippen molar-refractivity contribution in [2.45, 2.75) is 20.8 Å². The van der Waals surface area contributed by atoms with Crippen LogP contribution in [0.4, 0.5) is 17.3 Å². The molecule has 6 heteroatoms. The number of morpholine rings is 1. The number of rotatable bonds is 6. The number of nitrogens with zero attached hydrogens (tertiary/aromatic N) is 3. The summed E-state index contributed by atoms with van der Waals surface area (Å²) in [7, 11) is 0. The third-order valence-corrected chi connectivity index (χ3v) is 4.41. The zero-order valence-corrected chi connectivity index (χ0v) is 15.3. The fourth-order valence-electron chi connectivity index (χ4n) is 3.03. The highest BCUT2D eigenvalue weighted by molar-refractivity contribution is 5.65. The lowest BCUT2D eigenvalue weighted by Crippen LogP contribution is -2.39. The van der Waals surface area contributed by atoms with Crippen LogP contribution in [0.1, 0.15) is 17.0 Å². The average molecular weight is 341 g/mol. The second-order valence-corrected chi connectivity index (χ2v) is 6.46. The van der Waals surface area contributed by atoms with Gasteiger partial charge in [-0.3, -0.25) is 4.90 Å². The molecule has 0 spiro atoms. The standard InChI is InChI=1S/C19H27N5O/c1-14-5-4-6-15(2)19(14)23-18-13-17(21-16(3)22-18)20-7-8-24-9-11-25-12-10-24/h4-6,13H,7-12H2,1-3H3,(H2,20,21,22,23). The molecule has 0 aliphatic carbocycles. The number of aromatic nitrogens is 2. The van der Waals surface area contributed by atoms with Crippen LogP contribution in [0.5, 0.6) is 0 Å². The minimum absolute atomic E-state index is 0.755. The number of nitrogens with one attached hydrogen (secondary N) is 2. The summed E-state index contributed by atoms with van der Waals surface area (Å²) in [5.41, 5.74) is 3.52. The minimum atomic E-state index is 0.755. The predicted molar refractivity (Wildman–Crippen MR) is 102 cm³/mol. The van der Waals surface area contributed by atoms with Crippen molar-refractivity contribution in [3.63, 3.8) is 0 Å². The second kappa shape index (κ2) is 8.27. The summed E-state index contributed by atoms with van der Waals surface area (Å²) in [6, 6.07) is 8.24. The van der Waals surface area contributed by atoms with Gasteiger partial charge in [-0.05, 0) is 31.9 Å². The first-order chi connectivity index (χ1) is 12.1. The van der Waals surface area contributed by atoms with Crippen LogP contribution in [-0.2, 0) is 4.74 Å². The lowest BCUT2D eigenvalue weighted by atomic mass is 10.1. The monoisotopic (exact) mass is 341 g/mol. The van der Waals surface area contributed by atoms with Crippen LogP contribution >= 0.6 is 0 Å². The predicted octanol–water partition coefficient (Wildman–Crippen LogP) is 2.89. The second-order valence-electron chi connectivity index (χ2n) is 6.46. The van der Waals surface area contributed by atoms with E-state index in [1.807, 2.05) is 13.0 Å². The molecule has 1 saturated heterocycles. The molecule has 1 aliphatic heterocycles. The average Bonchev–Trinajstić information content (AvgIpc) is 2.59. The fraction of sp³-hybridized carbons (Fsp3) is 0.474. The molecule has 0 radical (unpaired) electrons. The van der Waals surface area contributed by atoms with E-state index >= 15 is 0 Å². The lowest BCUT2D eigenvalue weighted by molar-refractivity contribution is 0.0398. The summed E-state index contributed by atoms with van der Waals surface area (Å²) < 4.78 is 5.38. The highest BCUT2D eigenvalue weighted by Crippen LogP contribution is 2.24. The molecule has 1 aromatic carbocycles. The van der Waals surface area contributed by atoms with Crippen molar-refractivity contribution in [2.75, 3.05) is 50.0 Å². The van der Waals surface area contributed by atoms with E-state index in [9.17, 15) is 0 Å². The Bertz CT molecular complexity index is 693. The van der Waals surface area contributed by atoms with E-state index in [4.69, 9.17) is 4.74 Å². The topological polar surface area (TPSA) is 62.3 Å². The van der Waals surface area contributed by atoms with Crippen molar-refractivity contribution in [2.24, 2.45) is 0 Å². The molecule has 6 nitrogen and oxygen atoms in total. The Morgan fingerprint density at radius 2 is 1.72 bits per heavy atom. The van der Waals surface area contributed by atoms with Crippen LogP contribution in [0.15, 0.2) is 24.3 Å². The molecular weight excluding hydrogens is 314 g/mol. The van der Waals surface area contributed by atoms with E-state index in [1.54, 1.807) is 0 Å². The molecule has 2 aromatic rings. The van der Waals surface area contributed by atoms with Crippen molar-refractivity contribution in [3.05, 3.63) is 41.2 Å². The number of hydrogen-bond acceptors (Lipinski definition) is 6. The lowest BCUT2D eigenvalue weighted by Gasteiger charge is -2.26. The van der Waals surface area contributed by atoms with Gasteiger partial charge in [0.2, 0.25) is 0 Å². The Kier molecular flexibility index (Phi) is 5.83. The smallest absolute Gasteiger partial charge is 0.136 e. The Morgan fingerprint density at radius 1 is 1.04 bits per heavy atom. The summed E-state index contributed by atoms with van der Waals surface area (Å²) in [5.74, 6) is 2.43. The summed E-state index contributed by atoms with van der Waals surface area (Å²) in [6.07, 6.45) is 0. The highest BCUT2D eigenvalue weighted by atomic mass is 16.5. The Morgan fingerprint density at radius 3 is 2.44 bits per heavy atom. The molecule has 0 saturated carbocycles. The largest absolute Gasteiger partial charge is 0.379 e. The molecule has 0 atom stereocenters. The Balaban J connectivity index is 1.64. The maximum absolute atomic E-state index is 5.38. The molecule has 1 fully saturated rings. The number of anilines is 3. The zero-order chi connectivity index (χ0) is 17.6. The van der Waals surface area contributed by atoms with Crippen LogP contribution in [0.3, 0.4) is 0 Å². The van der Waals surface area contributed by atoms with Gasteiger partial charge in [0.1, 0.15) is 17.5 Å². The molecule has 0 amide bonds. The van der Waals surface area contributed by atoms with Crippen molar-refractivity contribution >= 4 is 17.3 Å². The number of para-hydroxylation sites is 1. The molecule has 3 rings (SSSR count). The first kappa shape index (κ1) is 17.6. The van der Waals surface area contributed by atoms with E-state index < -0.39 is 0 Å². The number of aryl methyl sites for hydroxylation is 3. The van der Waals surface area contributed by atoms with E-state index in [-0.39, 0.29) is 0 Å². The third-order valence-electron chi connectivity index (χ3n) is 4.41. The molecule has 0 bridgehead atoms. The third kappa shape index (κ3) is 4.90. The SMILES string of the molecule is Cc1nc(NCCN2CCOCC2)cc(Nc2c(C)cccc2C)n1. The Hall–Kier alpha value is -2.18. The molecule has 0 unspecified atom stereocenters. The van der Waals surface area contributed by atoms with Crippen LogP contribution in [0.2, 0.25) is 0 Å². The maximum atomic E-state index is 5.38. The number of benzene rings is 1. The molecule has 1 aromatic heterocycles. The Labute approximate surface area is 149 Å². The maximum Gasteiger partial charge on any atom is 0.136 e. The van der Waals surface area contributed by atoms with Crippen molar-refractivity contribution in [3.8, 4) is 0 Å². The van der Waals surface area contributed by atoms with Crippen LogP contribution in [-0.4, -0.2) is 54.3 Å². The highest BCUT2D eigenvalue weighted by Gasteiger charge is 2.10. The van der Waals surface area contributed by atoms with Gasteiger partial charge >= 0.3 is 0 Å². The normalized spacial score (nSPS) is 15.2.